The van der Waals surface area contributed by atoms with E-state index < -0.39 is 0 Å². The SMILES string of the molecule is CC1(NC(=O)C2CCC(CN)CC2)CCCC1. The third kappa shape index (κ3) is 3.21. The van der Waals surface area contributed by atoms with Crippen LogP contribution in [0.2, 0.25) is 0 Å². The summed E-state index contributed by atoms with van der Waals surface area (Å²) in [6.07, 6.45) is 9.14. The highest BCUT2D eigenvalue weighted by atomic mass is 16.2. The van der Waals surface area contributed by atoms with E-state index >= 15 is 0 Å². The molecule has 0 aromatic rings. The van der Waals surface area contributed by atoms with Crippen LogP contribution in [-0.4, -0.2) is 18.0 Å². The highest BCUT2D eigenvalue weighted by molar-refractivity contribution is 5.79. The molecule has 2 fully saturated rings. The van der Waals surface area contributed by atoms with E-state index in [1.807, 2.05) is 0 Å². The summed E-state index contributed by atoms with van der Waals surface area (Å²) in [4.78, 5) is 12.2. The van der Waals surface area contributed by atoms with Crippen LogP contribution in [0, 0.1) is 11.8 Å². The maximum atomic E-state index is 12.2. The first-order chi connectivity index (χ1) is 8.13. The van der Waals surface area contributed by atoms with E-state index in [1.54, 1.807) is 0 Å². The number of amides is 1. The van der Waals surface area contributed by atoms with Crippen LogP contribution in [0.15, 0.2) is 0 Å². The van der Waals surface area contributed by atoms with Crippen LogP contribution in [0.3, 0.4) is 0 Å². The monoisotopic (exact) mass is 238 g/mol. The first-order valence-corrected chi connectivity index (χ1v) is 7.15. The van der Waals surface area contributed by atoms with E-state index in [4.69, 9.17) is 5.73 Å². The number of carbonyl (C=O) groups is 1. The third-order valence-corrected chi connectivity index (χ3v) is 4.68. The lowest BCUT2D eigenvalue weighted by atomic mass is 9.81. The molecule has 2 aliphatic carbocycles. The first kappa shape index (κ1) is 12.9. The molecule has 3 nitrogen and oxygen atoms in total. The molecule has 0 atom stereocenters. The number of nitrogens with one attached hydrogen (secondary N) is 1. The van der Waals surface area contributed by atoms with Crippen LogP contribution >= 0.6 is 0 Å². The van der Waals surface area contributed by atoms with Crippen molar-refractivity contribution in [2.75, 3.05) is 6.54 Å². The first-order valence-electron chi connectivity index (χ1n) is 7.15. The molecular weight excluding hydrogens is 212 g/mol. The molecule has 0 aromatic carbocycles. The maximum Gasteiger partial charge on any atom is 0.223 e. The van der Waals surface area contributed by atoms with Gasteiger partial charge in [-0.1, -0.05) is 12.8 Å². The van der Waals surface area contributed by atoms with Crippen molar-refractivity contribution in [3.8, 4) is 0 Å². The van der Waals surface area contributed by atoms with Gasteiger partial charge >= 0.3 is 0 Å². The van der Waals surface area contributed by atoms with Gasteiger partial charge in [0.1, 0.15) is 0 Å². The van der Waals surface area contributed by atoms with Gasteiger partial charge in [-0.3, -0.25) is 4.79 Å². The topological polar surface area (TPSA) is 55.1 Å². The minimum atomic E-state index is 0.0851. The van der Waals surface area contributed by atoms with Crippen LogP contribution < -0.4 is 11.1 Å². The molecule has 3 N–H and O–H groups in total. The fraction of sp³-hybridized carbons (Fsp3) is 0.929. The molecule has 3 heteroatoms. The highest BCUT2D eigenvalue weighted by Gasteiger charge is 2.33. The van der Waals surface area contributed by atoms with E-state index in [0.717, 1.165) is 45.1 Å². The summed E-state index contributed by atoms with van der Waals surface area (Å²) < 4.78 is 0. The molecule has 98 valence electrons. The number of hydrogen-bond acceptors (Lipinski definition) is 2. The molecule has 2 saturated carbocycles. The summed E-state index contributed by atoms with van der Waals surface area (Å²) in [6.45, 7) is 2.98. The highest BCUT2D eigenvalue weighted by Crippen LogP contribution is 2.32. The second kappa shape index (κ2) is 5.38. The molecule has 2 rings (SSSR count). The lowest BCUT2D eigenvalue weighted by Gasteiger charge is -2.31. The molecule has 0 unspecified atom stereocenters. The fourth-order valence-electron chi connectivity index (χ4n) is 3.34. The van der Waals surface area contributed by atoms with Crippen molar-refractivity contribution in [3.63, 3.8) is 0 Å². The van der Waals surface area contributed by atoms with Gasteiger partial charge in [-0.05, 0) is 57.9 Å². The Bertz CT molecular complexity index is 263. The molecule has 0 heterocycles. The molecule has 0 spiro atoms. The van der Waals surface area contributed by atoms with Crippen molar-refractivity contribution in [1.29, 1.82) is 0 Å². The predicted molar refractivity (Wildman–Crippen MR) is 69.5 cm³/mol. The number of hydrogen-bond donors (Lipinski definition) is 2. The van der Waals surface area contributed by atoms with Gasteiger partial charge in [0.15, 0.2) is 0 Å². The minimum absolute atomic E-state index is 0.0851. The number of carbonyl (C=O) groups excluding carboxylic acids is 1. The summed E-state index contributed by atoms with van der Waals surface area (Å²) >= 11 is 0. The summed E-state index contributed by atoms with van der Waals surface area (Å²) in [5.41, 5.74) is 5.76. The van der Waals surface area contributed by atoms with Crippen LogP contribution in [0.25, 0.3) is 0 Å². The zero-order valence-corrected chi connectivity index (χ0v) is 11.0. The third-order valence-electron chi connectivity index (χ3n) is 4.68. The Labute approximate surface area is 105 Å². The molecule has 2 aliphatic rings. The fourth-order valence-corrected chi connectivity index (χ4v) is 3.34. The van der Waals surface area contributed by atoms with Crippen LogP contribution in [0.5, 0.6) is 0 Å². The van der Waals surface area contributed by atoms with Gasteiger partial charge in [-0.15, -0.1) is 0 Å². The molecule has 1 amide bonds. The predicted octanol–water partition coefficient (Wildman–Crippen LogP) is 2.20. The molecule has 0 aliphatic heterocycles. The molecule has 0 bridgehead atoms. The lowest BCUT2D eigenvalue weighted by molar-refractivity contribution is -0.128. The number of nitrogens with two attached hydrogens (primary N) is 1. The maximum absolute atomic E-state index is 12.2. The van der Waals surface area contributed by atoms with Crippen molar-refractivity contribution >= 4 is 5.91 Å². The van der Waals surface area contributed by atoms with E-state index in [-0.39, 0.29) is 11.5 Å². The van der Waals surface area contributed by atoms with Crippen molar-refractivity contribution < 1.29 is 4.79 Å². The van der Waals surface area contributed by atoms with Gasteiger partial charge in [0.05, 0.1) is 0 Å². The van der Waals surface area contributed by atoms with Gasteiger partial charge in [0, 0.05) is 11.5 Å². The standard InChI is InChI=1S/C14H26N2O/c1-14(8-2-3-9-14)16-13(17)12-6-4-11(10-15)5-7-12/h11-12H,2-10,15H2,1H3,(H,16,17). The summed E-state index contributed by atoms with van der Waals surface area (Å²) in [5, 5.41) is 3.29. The Hall–Kier alpha value is -0.570. The normalized spacial score (nSPS) is 32.4. The summed E-state index contributed by atoms with van der Waals surface area (Å²) in [6, 6.07) is 0. The minimum Gasteiger partial charge on any atom is -0.351 e. The zero-order chi connectivity index (χ0) is 12.3. The quantitative estimate of drug-likeness (QED) is 0.792. The molecule has 17 heavy (non-hydrogen) atoms. The van der Waals surface area contributed by atoms with E-state index in [9.17, 15) is 4.79 Å². The van der Waals surface area contributed by atoms with Gasteiger partial charge in [-0.2, -0.15) is 0 Å². The van der Waals surface area contributed by atoms with E-state index in [0.29, 0.717) is 11.8 Å². The lowest BCUT2D eigenvalue weighted by Crippen LogP contribution is -2.47. The van der Waals surface area contributed by atoms with Gasteiger partial charge in [0.25, 0.3) is 0 Å². The zero-order valence-electron chi connectivity index (χ0n) is 11.0. The van der Waals surface area contributed by atoms with Crippen LogP contribution in [0.4, 0.5) is 0 Å². The smallest absolute Gasteiger partial charge is 0.223 e. The second-order valence-electron chi connectivity index (χ2n) is 6.21. The van der Waals surface area contributed by atoms with Crippen molar-refractivity contribution in [2.45, 2.75) is 63.8 Å². The van der Waals surface area contributed by atoms with E-state index in [1.165, 1.54) is 12.8 Å². The largest absolute Gasteiger partial charge is 0.351 e. The molecular formula is C14H26N2O. The molecule has 0 saturated heterocycles. The van der Waals surface area contributed by atoms with Crippen molar-refractivity contribution in [3.05, 3.63) is 0 Å². The summed E-state index contributed by atoms with van der Waals surface area (Å²) in [5.74, 6) is 1.20. The Morgan fingerprint density at radius 2 is 1.82 bits per heavy atom. The van der Waals surface area contributed by atoms with E-state index in [2.05, 4.69) is 12.2 Å². The number of rotatable bonds is 3. The van der Waals surface area contributed by atoms with Crippen molar-refractivity contribution in [2.24, 2.45) is 17.6 Å². The van der Waals surface area contributed by atoms with Gasteiger partial charge in [0.2, 0.25) is 5.91 Å². The summed E-state index contributed by atoms with van der Waals surface area (Å²) in [7, 11) is 0. The van der Waals surface area contributed by atoms with Gasteiger partial charge in [-0.25, -0.2) is 0 Å². The van der Waals surface area contributed by atoms with Crippen LogP contribution in [-0.2, 0) is 4.79 Å². The van der Waals surface area contributed by atoms with Crippen molar-refractivity contribution in [1.82, 2.24) is 5.32 Å². The Morgan fingerprint density at radius 1 is 1.24 bits per heavy atom. The van der Waals surface area contributed by atoms with Gasteiger partial charge < -0.3 is 11.1 Å². The van der Waals surface area contributed by atoms with Crippen LogP contribution in [0.1, 0.15) is 58.3 Å². The molecule has 0 radical (unpaired) electrons. The molecule has 0 aromatic heterocycles. The second-order valence-corrected chi connectivity index (χ2v) is 6.21. The average molecular weight is 238 g/mol. The average Bonchev–Trinajstić information content (AvgIpc) is 2.76. The Kier molecular flexibility index (Phi) is 4.08. The Morgan fingerprint density at radius 3 is 2.35 bits per heavy atom. The Balaban J connectivity index is 1.80.